The molecule has 0 fully saturated rings. The van der Waals surface area contributed by atoms with Gasteiger partial charge in [0, 0.05) is 28.2 Å². The number of benzene rings is 2. The third kappa shape index (κ3) is 3.93. The fraction of sp³-hybridized carbons (Fsp3) is 0.0455. The van der Waals surface area contributed by atoms with Gasteiger partial charge in [-0.3, -0.25) is 4.79 Å². The molecule has 0 atom stereocenters. The maximum absolute atomic E-state index is 12.2. The van der Waals surface area contributed by atoms with E-state index in [1.165, 1.54) is 24.4 Å². The Morgan fingerprint density at radius 2 is 1.93 bits per heavy atom. The molecule has 8 nitrogen and oxygen atoms in total. The molecule has 0 saturated carbocycles. The van der Waals surface area contributed by atoms with Gasteiger partial charge < -0.3 is 19.2 Å². The highest BCUT2D eigenvalue weighted by Gasteiger charge is 2.12. The Kier molecular flexibility index (Phi) is 5.04. The highest BCUT2D eigenvalue weighted by molar-refractivity contribution is 6.00. The number of aromatic carboxylic acids is 1. The zero-order valence-electron chi connectivity index (χ0n) is 15.6. The highest BCUT2D eigenvalue weighted by atomic mass is 16.4. The van der Waals surface area contributed by atoms with E-state index in [2.05, 4.69) is 10.5 Å². The Labute approximate surface area is 170 Å². The van der Waals surface area contributed by atoms with Gasteiger partial charge in [-0.1, -0.05) is 24.3 Å². The van der Waals surface area contributed by atoms with Crippen LogP contribution in [0.15, 0.2) is 76.4 Å². The Bertz CT molecular complexity index is 1270. The predicted molar refractivity (Wildman–Crippen MR) is 110 cm³/mol. The number of rotatable bonds is 6. The van der Waals surface area contributed by atoms with Gasteiger partial charge in [0.15, 0.2) is 0 Å². The smallest absolute Gasteiger partial charge is 0.371 e. The van der Waals surface area contributed by atoms with E-state index in [0.717, 1.165) is 16.5 Å². The zero-order chi connectivity index (χ0) is 21.1. The van der Waals surface area contributed by atoms with Crippen LogP contribution in [-0.2, 0) is 6.54 Å². The molecule has 150 valence electrons. The summed E-state index contributed by atoms with van der Waals surface area (Å²) in [5.41, 5.74) is 4.41. The number of carboxylic acid groups (broad SMARTS) is 1. The number of hydrogen-bond donors (Lipinski definition) is 3. The molecule has 0 bridgehead atoms. The lowest BCUT2D eigenvalue weighted by atomic mass is 10.2. The van der Waals surface area contributed by atoms with Crippen LogP contribution < -0.4 is 5.43 Å². The number of amides is 1. The topological polar surface area (TPSA) is 117 Å². The van der Waals surface area contributed by atoms with E-state index in [1.54, 1.807) is 18.2 Å². The summed E-state index contributed by atoms with van der Waals surface area (Å²) in [6, 6.07) is 16.7. The highest BCUT2D eigenvalue weighted by Crippen LogP contribution is 2.22. The van der Waals surface area contributed by atoms with Gasteiger partial charge in [0.2, 0.25) is 5.76 Å². The standard InChI is InChI=1S/C22H17N3O5/c26-16-5-3-4-14(10-16)21(27)24-23-11-15-12-25(19-7-2-1-6-18(15)19)13-17-8-9-20(30-17)22(28)29/h1-12,26H,13H2,(H,24,27)(H,28,29)/b23-11+. The molecule has 3 N–H and O–H groups in total. The van der Waals surface area contributed by atoms with Crippen LogP contribution in [0.25, 0.3) is 10.9 Å². The Hall–Kier alpha value is -4.33. The van der Waals surface area contributed by atoms with Crippen molar-refractivity contribution in [2.75, 3.05) is 0 Å². The fourth-order valence-corrected chi connectivity index (χ4v) is 3.13. The number of carbonyl (C=O) groups is 2. The van der Waals surface area contributed by atoms with Gasteiger partial charge in [-0.05, 0) is 36.4 Å². The molecule has 2 heterocycles. The minimum atomic E-state index is -1.12. The molecule has 0 aliphatic rings. The minimum Gasteiger partial charge on any atom is -0.508 e. The number of para-hydroxylation sites is 1. The van der Waals surface area contributed by atoms with Crippen LogP contribution in [-0.4, -0.2) is 32.9 Å². The van der Waals surface area contributed by atoms with Crippen LogP contribution in [0, 0.1) is 0 Å². The van der Waals surface area contributed by atoms with Gasteiger partial charge in [-0.15, -0.1) is 0 Å². The van der Waals surface area contributed by atoms with Crippen molar-refractivity contribution in [1.82, 2.24) is 9.99 Å². The second-order valence-electron chi connectivity index (χ2n) is 6.55. The molecule has 30 heavy (non-hydrogen) atoms. The molecule has 1 amide bonds. The van der Waals surface area contributed by atoms with E-state index < -0.39 is 11.9 Å². The molecule has 4 rings (SSSR count). The zero-order valence-corrected chi connectivity index (χ0v) is 15.6. The summed E-state index contributed by atoms with van der Waals surface area (Å²) in [6.45, 7) is 0.345. The van der Waals surface area contributed by atoms with Crippen molar-refractivity contribution in [3.63, 3.8) is 0 Å². The normalized spacial score (nSPS) is 11.2. The first-order chi connectivity index (χ1) is 14.5. The molecule has 0 spiro atoms. The van der Waals surface area contributed by atoms with E-state index in [0.29, 0.717) is 17.9 Å². The molecule has 8 heteroatoms. The number of hydrogen-bond acceptors (Lipinski definition) is 5. The van der Waals surface area contributed by atoms with E-state index in [1.807, 2.05) is 35.0 Å². The number of carboxylic acids is 1. The summed E-state index contributed by atoms with van der Waals surface area (Å²) in [5.74, 6) is -1.16. The summed E-state index contributed by atoms with van der Waals surface area (Å²) >= 11 is 0. The summed E-state index contributed by atoms with van der Waals surface area (Å²) in [7, 11) is 0. The van der Waals surface area contributed by atoms with Crippen LogP contribution in [0.4, 0.5) is 0 Å². The molecular weight excluding hydrogens is 386 g/mol. The van der Waals surface area contributed by atoms with Gasteiger partial charge in [0.05, 0.1) is 12.8 Å². The average Bonchev–Trinajstić information content (AvgIpc) is 3.34. The first-order valence-corrected chi connectivity index (χ1v) is 9.03. The van der Waals surface area contributed by atoms with Gasteiger partial charge >= 0.3 is 5.97 Å². The number of nitrogens with one attached hydrogen (secondary N) is 1. The van der Waals surface area contributed by atoms with E-state index in [9.17, 15) is 14.7 Å². The maximum atomic E-state index is 12.2. The third-order valence-corrected chi connectivity index (χ3v) is 4.50. The molecule has 4 aromatic rings. The second-order valence-corrected chi connectivity index (χ2v) is 6.55. The van der Waals surface area contributed by atoms with Gasteiger partial charge in [0.1, 0.15) is 11.5 Å². The molecule has 2 aromatic carbocycles. The number of aromatic nitrogens is 1. The van der Waals surface area contributed by atoms with Crippen molar-refractivity contribution in [2.45, 2.75) is 6.54 Å². The number of phenolic OH excluding ortho intramolecular Hbond substituents is 1. The van der Waals surface area contributed by atoms with Crippen molar-refractivity contribution in [2.24, 2.45) is 5.10 Å². The predicted octanol–water partition coefficient (Wildman–Crippen LogP) is 3.45. The van der Waals surface area contributed by atoms with Crippen molar-refractivity contribution >= 4 is 29.0 Å². The molecular formula is C22H17N3O5. The maximum Gasteiger partial charge on any atom is 0.371 e. The number of furan rings is 1. The van der Waals surface area contributed by atoms with Crippen molar-refractivity contribution in [3.8, 4) is 5.75 Å². The van der Waals surface area contributed by atoms with Crippen LogP contribution in [0.1, 0.15) is 32.2 Å². The summed E-state index contributed by atoms with van der Waals surface area (Å²) in [5, 5.41) is 23.4. The third-order valence-electron chi connectivity index (χ3n) is 4.50. The summed E-state index contributed by atoms with van der Waals surface area (Å²) < 4.78 is 7.26. The number of nitrogens with zero attached hydrogens (tertiary/aromatic N) is 2. The van der Waals surface area contributed by atoms with E-state index in [4.69, 9.17) is 9.52 Å². The van der Waals surface area contributed by atoms with Crippen molar-refractivity contribution in [1.29, 1.82) is 0 Å². The van der Waals surface area contributed by atoms with E-state index in [-0.39, 0.29) is 11.5 Å². The summed E-state index contributed by atoms with van der Waals surface area (Å²) in [6.07, 6.45) is 3.38. The molecule has 2 aromatic heterocycles. The first kappa shape index (κ1) is 19.0. The van der Waals surface area contributed by atoms with Gasteiger partial charge in [0.25, 0.3) is 5.91 Å². The summed E-state index contributed by atoms with van der Waals surface area (Å²) in [4.78, 5) is 23.2. The number of fused-ring (bicyclic) bond motifs is 1. The lowest BCUT2D eigenvalue weighted by molar-refractivity contribution is 0.0660. The molecule has 0 aliphatic heterocycles. The van der Waals surface area contributed by atoms with Crippen LogP contribution >= 0.6 is 0 Å². The quantitative estimate of drug-likeness (QED) is 0.337. The SMILES string of the molecule is O=C(N/N=C/c1cn(Cc2ccc(C(=O)O)o2)c2ccccc12)c1cccc(O)c1. The van der Waals surface area contributed by atoms with Crippen molar-refractivity contribution < 1.29 is 24.2 Å². The van der Waals surface area contributed by atoms with E-state index >= 15 is 0 Å². The fourth-order valence-electron chi connectivity index (χ4n) is 3.13. The number of carbonyl (C=O) groups excluding carboxylic acids is 1. The van der Waals surface area contributed by atoms with Crippen LogP contribution in [0.5, 0.6) is 5.75 Å². The van der Waals surface area contributed by atoms with Gasteiger partial charge in [-0.2, -0.15) is 5.10 Å². The largest absolute Gasteiger partial charge is 0.508 e. The average molecular weight is 403 g/mol. The minimum absolute atomic E-state index is 0.00122. The lowest BCUT2D eigenvalue weighted by Gasteiger charge is -2.02. The van der Waals surface area contributed by atoms with Crippen molar-refractivity contribution in [3.05, 3.63) is 89.5 Å². The lowest BCUT2D eigenvalue weighted by Crippen LogP contribution is -2.17. The first-order valence-electron chi connectivity index (χ1n) is 9.03. The second kappa shape index (κ2) is 7.96. The Morgan fingerprint density at radius 3 is 2.70 bits per heavy atom. The molecule has 0 unspecified atom stereocenters. The van der Waals surface area contributed by atoms with Crippen LogP contribution in [0.2, 0.25) is 0 Å². The monoisotopic (exact) mass is 403 g/mol. The number of phenols is 1. The van der Waals surface area contributed by atoms with Gasteiger partial charge in [-0.25, -0.2) is 10.2 Å². The molecule has 0 aliphatic carbocycles. The number of hydrazone groups is 1. The Balaban J connectivity index is 1.56. The molecule has 0 radical (unpaired) electrons. The molecule has 0 saturated heterocycles. The van der Waals surface area contributed by atoms with Crippen LogP contribution in [0.3, 0.4) is 0 Å². The Morgan fingerprint density at radius 1 is 1.10 bits per heavy atom. The number of aromatic hydroxyl groups is 1.